The van der Waals surface area contributed by atoms with E-state index < -0.39 is 0 Å². The Morgan fingerprint density at radius 1 is 1.20 bits per heavy atom. The molecule has 0 fully saturated rings. The number of nitrogens with one attached hydrogen (secondary N) is 1. The van der Waals surface area contributed by atoms with Crippen LogP contribution in [0.3, 0.4) is 0 Å². The van der Waals surface area contributed by atoms with Crippen LogP contribution in [-0.2, 0) is 0 Å². The number of carbonyl (C=O) groups is 1. The van der Waals surface area contributed by atoms with Gasteiger partial charge >= 0.3 is 0 Å². The molecule has 0 aliphatic heterocycles. The minimum Gasteiger partial charge on any atom is -0.399 e. The zero-order chi connectivity index (χ0) is 14.5. The maximum Gasteiger partial charge on any atom is 0.257 e. The molecular weight excluding hydrogens is 270 g/mol. The highest BCUT2D eigenvalue weighted by molar-refractivity contribution is 7.99. The van der Waals surface area contributed by atoms with E-state index in [1.165, 1.54) is 0 Å². The Hall–Kier alpha value is -2.14. The first kappa shape index (κ1) is 14.3. The second-order valence-corrected chi connectivity index (χ2v) is 5.54. The maximum atomic E-state index is 12.3. The lowest BCUT2D eigenvalue weighted by Crippen LogP contribution is -2.14. The van der Waals surface area contributed by atoms with Gasteiger partial charge in [-0.05, 0) is 36.1 Å². The highest BCUT2D eigenvalue weighted by Gasteiger charge is 2.12. The fourth-order valence-corrected chi connectivity index (χ4v) is 2.59. The molecule has 0 saturated heterocycles. The summed E-state index contributed by atoms with van der Waals surface area (Å²) in [6, 6.07) is 12.6. The van der Waals surface area contributed by atoms with Crippen LogP contribution in [0.2, 0.25) is 0 Å². The number of amides is 1. The molecule has 2 rings (SSSR count). The molecule has 104 valence electrons. The molecule has 5 N–H and O–H groups in total. The van der Waals surface area contributed by atoms with Gasteiger partial charge in [0, 0.05) is 16.3 Å². The van der Waals surface area contributed by atoms with E-state index in [0.29, 0.717) is 16.9 Å². The Balaban J connectivity index is 2.23. The molecule has 0 saturated carbocycles. The highest BCUT2D eigenvalue weighted by Crippen LogP contribution is 2.27. The van der Waals surface area contributed by atoms with Gasteiger partial charge in [-0.2, -0.15) is 0 Å². The van der Waals surface area contributed by atoms with Gasteiger partial charge in [0.15, 0.2) is 0 Å². The fourth-order valence-electron chi connectivity index (χ4n) is 1.83. The molecule has 2 aromatic rings. The highest BCUT2D eigenvalue weighted by atomic mass is 32.2. The van der Waals surface area contributed by atoms with Gasteiger partial charge in [0.1, 0.15) is 0 Å². The van der Waals surface area contributed by atoms with E-state index >= 15 is 0 Å². The Morgan fingerprint density at radius 2 is 1.95 bits per heavy atom. The fraction of sp³-hybridized carbons (Fsp3) is 0.133. The van der Waals surface area contributed by atoms with Crippen molar-refractivity contribution < 1.29 is 4.79 Å². The molecule has 4 nitrogen and oxygen atoms in total. The lowest BCUT2D eigenvalue weighted by molar-refractivity contribution is 0.102. The Labute approximate surface area is 122 Å². The van der Waals surface area contributed by atoms with Gasteiger partial charge in [0.05, 0.1) is 11.3 Å². The predicted molar refractivity (Wildman–Crippen MR) is 86.1 cm³/mol. The number of benzene rings is 2. The van der Waals surface area contributed by atoms with Gasteiger partial charge in [-0.3, -0.25) is 4.79 Å². The molecule has 0 atom stereocenters. The number of rotatable bonds is 4. The van der Waals surface area contributed by atoms with Crippen molar-refractivity contribution in [2.45, 2.75) is 11.8 Å². The number of thioether (sulfide) groups is 1. The first-order valence-corrected chi connectivity index (χ1v) is 7.28. The molecule has 2 aromatic carbocycles. The quantitative estimate of drug-likeness (QED) is 0.596. The van der Waals surface area contributed by atoms with Crippen molar-refractivity contribution in [2.75, 3.05) is 22.5 Å². The van der Waals surface area contributed by atoms with Crippen molar-refractivity contribution in [1.82, 2.24) is 0 Å². The number of nitrogen functional groups attached to an aromatic ring is 2. The number of anilines is 3. The minimum atomic E-state index is -0.230. The molecule has 20 heavy (non-hydrogen) atoms. The van der Waals surface area contributed by atoms with E-state index in [2.05, 4.69) is 12.2 Å². The summed E-state index contributed by atoms with van der Waals surface area (Å²) in [4.78, 5) is 13.3. The van der Waals surface area contributed by atoms with Gasteiger partial charge in [0.25, 0.3) is 5.91 Å². The van der Waals surface area contributed by atoms with Gasteiger partial charge in [-0.1, -0.05) is 19.1 Å². The molecule has 1 amide bonds. The van der Waals surface area contributed by atoms with E-state index in [0.717, 1.165) is 16.3 Å². The number of hydrogen-bond donors (Lipinski definition) is 3. The van der Waals surface area contributed by atoms with Crippen LogP contribution >= 0.6 is 11.8 Å². The Morgan fingerprint density at radius 3 is 2.65 bits per heavy atom. The largest absolute Gasteiger partial charge is 0.399 e. The van der Waals surface area contributed by atoms with Crippen LogP contribution in [0, 0.1) is 0 Å². The summed E-state index contributed by atoms with van der Waals surface area (Å²) in [6.45, 7) is 2.07. The van der Waals surface area contributed by atoms with Crippen LogP contribution in [0.4, 0.5) is 17.1 Å². The van der Waals surface area contributed by atoms with Gasteiger partial charge in [-0.25, -0.2) is 0 Å². The summed E-state index contributed by atoms with van der Waals surface area (Å²) in [5.41, 5.74) is 13.6. The van der Waals surface area contributed by atoms with Crippen LogP contribution in [-0.4, -0.2) is 11.7 Å². The van der Waals surface area contributed by atoms with E-state index in [1.54, 1.807) is 30.0 Å². The van der Waals surface area contributed by atoms with E-state index in [1.807, 2.05) is 24.3 Å². The molecule has 0 aromatic heterocycles. The molecule has 0 aliphatic carbocycles. The van der Waals surface area contributed by atoms with Gasteiger partial charge in [0.2, 0.25) is 0 Å². The Bertz CT molecular complexity index is 628. The first-order chi connectivity index (χ1) is 9.61. The summed E-state index contributed by atoms with van der Waals surface area (Å²) >= 11 is 1.68. The molecule has 5 heteroatoms. The number of para-hydroxylation sites is 1. The van der Waals surface area contributed by atoms with Gasteiger partial charge in [-0.15, -0.1) is 11.8 Å². The average Bonchev–Trinajstić information content (AvgIpc) is 2.41. The van der Waals surface area contributed by atoms with Crippen molar-refractivity contribution in [2.24, 2.45) is 0 Å². The van der Waals surface area contributed by atoms with Crippen molar-refractivity contribution in [3.63, 3.8) is 0 Å². The Kier molecular flexibility index (Phi) is 4.53. The van der Waals surface area contributed by atoms with Crippen molar-refractivity contribution in [3.05, 3.63) is 48.0 Å². The number of carbonyl (C=O) groups excluding carboxylic acids is 1. The molecule has 0 radical (unpaired) electrons. The monoisotopic (exact) mass is 287 g/mol. The van der Waals surface area contributed by atoms with Crippen LogP contribution in [0.5, 0.6) is 0 Å². The average molecular weight is 287 g/mol. The predicted octanol–water partition coefficient (Wildman–Crippen LogP) is 3.22. The third-order valence-corrected chi connectivity index (χ3v) is 3.71. The minimum absolute atomic E-state index is 0.230. The third kappa shape index (κ3) is 3.24. The van der Waals surface area contributed by atoms with Crippen LogP contribution in [0.15, 0.2) is 47.4 Å². The van der Waals surface area contributed by atoms with Crippen molar-refractivity contribution in [3.8, 4) is 0 Å². The van der Waals surface area contributed by atoms with E-state index in [4.69, 9.17) is 11.5 Å². The smallest absolute Gasteiger partial charge is 0.257 e. The molecule has 0 aliphatic rings. The summed E-state index contributed by atoms with van der Waals surface area (Å²) in [5.74, 6) is 0.711. The number of hydrogen-bond acceptors (Lipinski definition) is 4. The maximum absolute atomic E-state index is 12.3. The lowest BCUT2D eigenvalue weighted by Gasteiger charge is -2.11. The molecular formula is C15H17N3OS. The van der Waals surface area contributed by atoms with Crippen LogP contribution in [0.25, 0.3) is 0 Å². The van der Waals surface area contributed by atoms with E-state index in [9.17, 15) is 4.79 Å². The van der Waals surface area contributed by atoms with Crippen molar-refractivity contribution in [1.29, 1.82) is 0 Å². The van der Waals surface area contributed by atoms with Crippen molar-refractivity contribution >= 4 is 34.7 Å². The first-order valence-electron chi connectivity index (χ1n) is 6.30. The van der Waals surface area contributed by atoms with Gasteiger partial charge < -0.3 is 16.8 Å². The third-order valence-electron chi connectivity index (χ3n) is 2.76. The topological polar surface area (TPSA) is 81.1 Å². The summed E-state index contributed by atoms with van der Waals surface area (Å²) in [6.07, 6.45) is 0. The van der Waals surface area contributed by atoms with Crippen LogP contribution in [0.1, 0.15) is 17.3 Å². The summed E-state index contributed by atoms with van der Waals surface area (Å²) in [7, 11) is 0. The SMILES string of the molecule is CCSc1ccccc1NC(=O)c1ccc(N)cc1N. The molecule has 0 unspecified atom stereocenters. The lowest BCUT2D eigenvalue weighted by atomic mass is 10.1. The summed E-state index contributed by atoms with van der Waals surface area (Å²) in [5, 5.41) is 2.89. The summed E-state index contributed by atoms with van der Waals surface area (Å²) < 4.78 is 0. The molecule has 0 spiro atoms. The van der Waals surface area contributed by atoms with E-state index in [-0.39, 0.29) is 5.91 Å². The second-order valence-electron chi connectivity index (χ2n) is 4.23. The standard InChI is InChI=1S/C15H17N3OS/c1-2-20-14-6-4-3-5-13(14)18-15(19)11-8-7-10(16)9-12(11)17/h3-9H,2,16-17H2,1H3,(H,18,19). The normalized spacial score (nSPS) is 10.2. The number of nitrogens with two attached hydrogens (primary N) is 2. The van der Waals surface area contributed by atoms with Crippen LogP contribution < -0.4 is 16.8 Å². The molecule has 0 heterocycles. The second kappa shape index (κ2) is 6.34. The molecule has 0 bridgehead atoms. The zero-order valence-corrected chi connectivity index (χ0v) is 12.0. The zero-order valence-electron chi connectivity index (χ0n) is 11.2.